The van der Waals surface area contributed by atoms with Crippen LogP contribution in [0.15, 0.2) is 84.9 Å². The Morgan fingerprint density at radius 2 is 1.39 bits per heavy atom. The summed E-state index contributed by atoms with van der Waals surface area (Å²) in [6, 6.07) is 24.0. The second-order valence-corrected chi connectivity index (χ2v) is 7.43. The fourth-order valence-electron chi connectivity index (χ4n) is 4.21. The van der Waals surface area contributed by atoms with Gasteiger partial charge in [0, 0.05) is 0 Å². The molecule has 0 bridgehead atoms. The maximum atomic E-state index is 13.5. The zero-order chi connectivity index (χ0) is 21.5. The van der Waals surface area contributed by atoms with Crippen molar-refractivity contribution in [1.29, 1.82) is 0 Å². The van der Waals surface area contributed by atoms with Gasteiger partial charge in [0.2, 0.25) is 5.91 Å². The van der Waals surface area contributed by atoms with Crippen molar-refractivity contribution in [3.8, 4) is 0 Å². The summed E-state index contributed by atoms with van der Waals surface area (Å²) < 4.78 is 0. The first-order chi connectivity index (χ1) is 15.1. The third kappa shape index (κ3) is 3.06. The van der Waals surface area contributed by atoms with Crippen LogP contribution in [0.2, 0.25) is 0 Å². The number of aromatic carboxylic acids is 1. The molecule has 2 amide bonds. The van der Waals surface area contributed by atoms with Gasteiger partial charge in [-0.25, -0.2) is 14.8 Å². The normalized spacial score (nSPS) is 22.6. The van der Waals surface area contributed by atoms with Crippen LogP contribution in [0.1, 0.15) is 22.0 Å². The largest absolute Gasteiger partial charge is 0.478 e. The number of benzene rings is 3. The minimum Gasteiger partial charge on any atom is -0.478 e. The summed E-state index contributed by atoms with van der Waals surface area (Å²) in [4.78, 5) is 44.9. The van der Waals surface area contributed by atoms with Crippen LogP contribution in [-0.2, 0) is 14.4 Å². The van der Waals surface area contributed by atoms with E-state index in [1.807, 2.05) is 60.7 Å². The van der Waals surface area contributed by atoms with Crippen LogP contribution in [0.5, 0.6) is 0 Å². The molecule has 2 fully saturated rings. The number of carboxylic acid groups (broad SMARTS) is 1. The van der Waals surface area contributed by atoms with E-state index in [-0.39, 0.29) is 11.5 Å². The molecule has 2 unspecified atom stereocenters. The smallest absolute Gasteiger partial charge is 0.335 e. The van der Waals surface area contributed by atoms with Crippen molar-refractivity contribution < 1.29 is 24.3 Å². The van der Waals surface area contributed by atoms with Crippen molar-refractivity contribution in [2.24, 2.45) is 5.92 Å². The molecule has 2 heterocycles. The van der Waals surface area contributed by atoms with Gasteiger partial charge in [-0.1, -0.05) is 48.5 Å². The monoisotopic (exact) mass is 414 g/mol. The topological polar surface area (TPSA) is 87.2 Å². The van der Waals surface area contributed by atoms with E-state index in [1.54, 1.807) is 5.06 Å². The highest BCUT2D eigenvalue weighted by Gasteiger charge is 2.60. The molecule has 2 aliphatic heterocycles. The summed E-state index contributed by atoms with van der Waals surface area (Å²) in [5.41, 5.74) is 2.03. The predicted octanol–water partition coefficient (Wildman–Crippen LogP) is 3.44. The Bertz CT molecular complexity index is 1150. The molecule has 0 aromatic heterocycles. The molecule has 0 radical (unpaired) electrons. The summed E-state index contributed by atoms with van der Waals surface area (Å²) in [6.45, 7) is 0. The van der Waals surface area contributed by atoms with E-state index in [1.165, 1.54) is 24.3 Å². The Hall–Kier alpha value is -3.97. The van der Waals surface area contributed by atoms with Gasteiger partial charge in [0.1, 0.15) is 5.92 Å². The van der Waals surface area contributed by atoms with E-state index in [2.05, 4.69) is 0 Å². The number of rotatable bonds is 4. The van der Waals surface area contributed by atoms with Crippen molar-refractivity contribution in [2.75, 3.05) is 9.96 Å². The van der Waals surface area contributed by atoms with E-state index in [0.717, 1.165) is 16.2 Å². The van der Waals surface area contributed by atoms with E-state index in [0.29, 0.717) is 5.69 Å². The van der Waals surface area contributed by atoms with E-state index in [9.17, 15) is 14.4 Å². The minimum atomic E-state index is -1.08. The van der Waals surface area contributed by atoms with Gasteiger partial charge < -0.3 is 5.11 Å². The fraction of sp³-hybridized carbons (Fsp3) is 0.125. The summed E-state index contributed by atoms with van der Waals surface area (Å²) in [5, 5.41) is 10.7. The Morgan fingerprint density at radius 1 is 0.774 bits per heavy atom. The fourth-order valence-corrected chi connectivity index (χ4v) is 4.21. The molecule has 7 nitrogen and oxygen atoms in total. The maximum Gasteiger partial charge on any atom is 0.335 e. The van der Waals surface area contributed by atoms with E-state index < -0.39 is 29.9 Å². The minimum absolute atomic E-state index is 0.0803. The molecule has 3 aromatic carbocycles. The summed E-state index contributed by atoms with van der Waals surface area (Å²) in [7, 11) is 0. The standard InChI is InChI=1S/C24H18N2O5/c27-22-19-20(15-7-3-1-4-8-15)26(18-9-5-2-6-10-18)31-21(19)23(28)25(22)17-13-11-16(12-14-17)24(29)30/h1-14,19-21H,(H,29,30)/t19?,20-,21?/m0/s1. The van der Waals surface area contributed by atoms with Crippen LogP contribution in [0.4, 0.5) is 11.4 Å². The van der Waals surface area contributed by atoms with Gasteiger partial charge in [0.25, 0.3) is 5.91 Å². The van der Waals surface area contributed by atoms with Gasteiger partial charge in [-0.3, -0.25) is 14.4 Å². The molecule has 3 aromatic rings. The second-order valence-electron chi connectivity index (χ2n) is 7.43. The molecule has 3 atom stereocenters. The van der Waals surface area contributed by atoms with Crippen molar-refractivity contribution in [3.05, 3.63) is 96.1 Å². The number of carbonyl (C=O) groups excluding carboxylic acids is 2. The van der Waals surface area contributed by atoms with Gasteiger partial charge in [0.05, 0.1) is 23.0 Å². The first kappa shape index (κ1) is 19.0. The molecule has 154 valence electrons. The van der Waals surface area contributed by atoms with Crippen LogP contribution >= 0.6 is 0 Å². The van der Waals surface area contributed by atoms with Crippen molar-refractivity contribution in [2.45, 2.75) is 12.1 Å². The van der Waals surface area contributed by atoms with Crippen LogP contribution in [0, 0.1) is 5.92 Å². The zero-order valence-electron chi connectivity index (χ0n) is 16.3. The van der Waals surface area contributed by atoms with Gasteiger partial charge in [0.15, 0.2) is 6.10 Å². The number of nitrogens with zero attached hydrogens (tertiary/aromatic N) is 2. The van der Waals surface area contributed by atoms with Crippen molar-refractivity contribution in [3.63, 3.8) is 0 Å². The lowest BCUT2D eigenvalue weighted by molar-refractivity contribution is -0.126. The number of fused-ring (bicyclic) bond motifs is 1. The Morgan fingerprint density at radius 3 is 2.00 bits per heavy atom. The lowest BCUT2D eigenvalue weighted by Crippen LogP contribution is -2.37. The number of hydrogen-bond acceptors (Lipinski definition) is 5. The molecular formula is C24H18N2O5. The van der Waals surface area contributed by atoms with Crippen molar-refractivity contribution >= 4 is 29.2 Å². The van der Waals surface area contributed by atoms with E-state index >= 15 is 0 Å². The summed E-state index contributed by atoms with van der Waals surface area (Å²) in [5.74, 6) is -2.63. The molecular weight excluding hydrogens is 396 g/mol. The van der Waals surface area contributed by atoms with Crippen LogP contribution in [0.25, 0.3) is 0 Å². The van der Waals surface area contributed by atoms with Gasteiger partial charge >= 0.3 is 5.97 Å². The van der Waals surface area contributed by atoms with Crippen LogP contribution in [0.3, 0.4) is 0 Å². The van der Waals surface area contributed by atoms with Gasteiger partial charge in [-0.2, -0.15) is 0 Å². The number of hydrogen-bond donors (Lipinski definition) is 1. The number of imide groups is 1. The number of hydroxylamine groups is 1. The first-order valence-corrected chi connectivity index (χ1v) is 9.83. The third-order valence-electron chi connectivity index (χ3n) is 5.64. The molecule has 2 aliphatic rings. The molecule has 0 saturated carbocycles. The summed E-state index contributed by atoms with van der Waals surface area (Å²) >= 11 is 0. The number of carboxylic acids is 1. The summed E-state index contributed by atoms with van der Waals surface area (Å²) in [6.07, 6.45) is -0.961. The highest BCUT2D eigenvalue weighted by atomic mass is 16.7. The Balaban J connectivity index is 1.54. The third-order valence-corrected chi connectivity index (χ3v) is 5.64. The number of para-hydroxylation sites is 1. The Kier molecular flexibility index (Phi) is 4.52. The first-order valence-electron chi connectivity index (χ1n) is 9.83. The molecule has 0 spiro atoms. The van der Waals surface area contributed by atoms with Gasteiger partial charge in [-0.15, -0.1) is 0 Å². The molecule has 31 heavy (non-hydrogen) atoms. The lowest BCUT2D eigenvalue weighted by atomic mass is 9.90. The molecule has 2 saturated heterocycles. The quantitative estimate of drug-likeness (QED) is 0.658. The SMILES string of the molecule is O=C(O)c1ccc(N2C(=O)C3ON(c4ccccc4)[C@@H](c4ccccc4)C3C2=O)cc1. The Labute approximate surface area is 178 Å². The van der Waals surface area contributed by atoms with Crippen molar-refractivity contribution in [1.82, 2.24) is 0 Å². The molecule has 1 N–H and O–H groups in total. The predicted molar refractivity (Wildman–Crippen MR) is 112 cm³/mol. The highest BCUT2D eigenvalue weighted by Crippen LogP contribution is 2.47. The lowest BCUT2D eigenvalue weighted by Gasteiger charge is -2.28. The number of anilines is 2. The molecule has 5 rings (SSSR count). The number of amides is 2. The average Bonchev–Trinajstić information content (AvgIpc) is 3.31. The van der Waals surface area contributed by atoms with E-state index in [4.69, 9.17) is 9.94 Å². The van der Waals surface area contributed by atoms with Gasteiger partial charge in [-0.05, 0) is 42.0 Å². The van der Waals surface area contributed by atoms with Crippen LogP contribution in [-0.4, -0.2) is 29.0 Å². The zero-order valence-corrected chi connectivity index (χ0v) is 16.3. The average molecular weight is 414 g/mol. The molecule has 7 heteroatoms. The van der Waals surface area contributed by atoms with Crippen LogP contribution < -0.4 is 9.96 Å². The number of carbonyl (C=O) groups is 3. The second kappa shape index (κ2) is 7.37. The maximum absolute atomic E-state index is 13.5. The highest BCUT2D eigenvalue weighted by molar-refractivity contribution is 6.24. The molecule has 0 aliphatic carbocycles.